The third kappa shape index (κ3) is 5.92. The third-order valence-corrected chi connectivity index (χ3v) is 1.07. The van der Waals surface area contributed by atoms with Gasteiger partial charge in [-0.1, -0.05) is 6.08 Å². The van der Waals surface area contributed by atoms with E-state index < -0.39 is 17.7 Å². The van der Waals surface area contributed by atoms with Gasteiger partial charge in [-0.25, -0.2) is 0 Å². The number of carbonyl (C=O) groups excluding carboxylic acids is 1. The van der Waals surface area contributed by atoms with Crippen molar-refractivity contribution < 1.29 is 14.6 Å². The van der Waals surface area contributed by atoms with Gasteiger partial charge < -0.3 is 9.84 Å². The molecule has 3 nitrogen and oxygen atoms in total. The Labute approximate surface area is 73.0 Å². The van der Waals surface area contributed by atoms with E-state index >= 15 is 0 Å². The summed E-state index contributed by atoms with van der Waals surface area (Å²) in [5.74, 6) is -0.408. The Morgan fingerprint density at radius 3 is 2.50 bits per heavy atom. The summed E-state index contributed by atoms with van der Waals surface area (Å²) >= 11 is 0. The molecule has 1 atom stereocenters. The SMILES string of the molecule is C=CC(O)CC(=O)OC(C)(C)C. The number of aliphatic hydroxyl groups excluding tert-OH is 1. The predicted molar refractivity (Wildman–Crippen MR) is 46.7 cm³/mol. The van der Waals surface area contributed by atoms with Crippen molar-refractivity contribution in [1.29, 1.82) is 0 Å². The number of rotatable bonds is 3. The Hall–Kier alpha value is -0.830. The van der Waals surface area contributed by atoms with Gasteiger partial charge in [0.15, 0.2) is 0 Å². The second-order valence-electron chi connectivity index (χ2n) is 3.59. The van der Waals surface area contributed by atoms with Crippen LogP contribution in [0.25, 0.3) is 0 Å². The summed E-state index contributed by atoms with van der Waals surface area (Å²) < 4.78 is 4.96. The summed E-state index contributed by atoms with van der Waals surface area (Å²) in [5, 5.41) is 9.01. The minimum Gasteiger partial charge on any atom is -0.460 e. The van der Waals surface area contributed by atoms with Crippen LogP contribution >= 0.6 is 0 Å². The summed E-state index contributed by atoms with van der Waals surface area (Å²) in [5.41, 5.74) is -0.488. The minimum absolute atomic E-state index is 0.0270. The van der Waals surface area contributed by atoms with Gasteiger partial charge in [-0.3, -0.25) is 4.79 Å². The highest BCUT2D eigenvalue weighted by molar-refractivity contribution is 5.70. The lowest BCUT2D eigenvalue weighted by molar-refractivity contribution is -0.156. The predicted octanol–water partition coefficient (Wildman–Crippen LogP) is 1.27. The van der Waals surface area contributed by atoms with Crippen LogP contribution in [-0.2, 0) is 9.53 Å². The van der Waals surface area contributed by atoms with Gasteiger partial charge in [0.1, 0.15) is 5.60 Å². The summed E-state index contributed by atoms with van der Waals surface area (Å²) in [6.45, 7) is 8.70. The molecule has 0 aromatic rings. The molecule has 0 aliphatic rings. The van der Waals surface area contributed by atoms with Crippen molar-refractivity contribution in [3.63, 3.8) is 0 Å². The van der Waals surface area contributed by atoms with Crippen LogP contribution in [0.3, 0.4) is 0 Å². The first-order valence-electron chi connectivity index (χ1n) is 3.87. The Morgan fingerprint density at radius 2 is 2.17 bits per heavy atom. The first-order chi connectivity index (χ1) is 5.35. The largest absolute Gasteiger partial charge is 0.460 e. The Kier molecular flexibility index (Phi) is 3.96. The van der Waals surface area contributed by atoms with Gasteiger partial charge in [0.2, 0.25) is 0 Å². The molecule has 12 heavy (non-hydrogen) atoms. The van der Waals surface area contributed by atoms with Gasteiger partial charge in [-0.05, 0) is 20.8 Å². The standard InChI is InChI=1S/C9H16O3/c1-5-7(10)6-8(11)12-9(2,3)4/h5,7,10H,1,6H2,2-4H3. The second kappa shape index (κ2) is 4.26. The topological polar surface area (TPSA) is 46.5 Å². The van der Waals surface area contributed by atoms with Crippen LogP contribution in [0.5, 0.6) is 0 Å². The zero-order valence-corrected chi connectivity index (χ0v) is 7.83. The monoisotopic (exact) mass is 172 g/mol. The molecule has 0 fully saturated rings. The molecule has 0 saturated heterocycles. The van der Waals surface area contributed by atoms with E-state index in [1.165, 1.54) is 6.08 Å². The zero-order valence-electron chi connectivity index (χ0n) is 7.83. The van der Waals surface area contributed by atoms with Crippen molar-refractivity contribution in [3.05, 3.63) is 12.7 Å². The van der Waals surface area contributed by atoms with Crippen LogP contribution < -0.4 is 0 Å². The van der Waals surface area contributed by atoms with E-state index in [0.717, 1.165) is 0 Å². The van der Waals surface area contributed by atoms with Gasteiger partial charge in [-0.15, -0.1) is 6.58 Å². The normalized spacial score (nSPS) is 13.7. The second-order valence-corrected chi connectivity index (χ2v) is 3.59. The van der Waals surface area contributed by atoms with Crippen LogP contribution in [0.4, 0.5) is 0 Å². The van der Waals surface area contributed by atoms with E-state index in [-0.39, 0.29) is 6.42 Å². The van der Waals surface area contributed by atoms with Crippen LogP contribution in [0.15, 0.2) is 12.7 Å². The number of hydrogen-bond acceptors (Lipinski definition) is 3. The van der Waals surface area contributed by atoms with E-state index in [4.69, 9.17) is 9.84 Å². The summed E-state index contributed by atoms with van der Waals surface area (Å²) in [7, 11) is 0. The van der Waals surface area contributed by atoms with E-state index in [2.05, 4.69) is 6.58 Å². The van der Waals surface area contributed by atoms with Crippen LogP contribution in [0, 0.1) is 0 Å². The summed E-state index contributed by atoms with van der Waals surface area (Å²) in [6.07, 6.45) is 0.477. The number of carbonyl (C=O) groups is 1. The fraction of sp³-hybridized carbons (Fsp3) is 0.667. The molecule has 0 rings (SSSR count). The van der Waals surface area contributed by atoms with Crippen LogP contribution in [0.1, 0.15) is 27.2 Å². The highest BCUT2D eigenvalue weighted by Gasteiger charge is 2.17. The maximum atomic E-state index is 11.0. The van der Waals surface area contributed by atoms with Crippen molar-refractivity contribution in [1.82, 2.24) is 0 Å². The van der Waals surface area contributed by atoms with Crippen molar-refractivity contribution in [2.75, 3.05) is 0 Å². The molecule has 0 aliphatic heterocycles. The number of ether oxygens (including phenoxy) is 1. The number of aliphatic hydroxyl groups is 1. The van der Waals surface area contributed by atoms with Crippen LogP contribution in [0.2, 0.25) is 0 Å². The maximum Gasteiger partial charge on any atom is 0.309 e. The van der Waals surface area contributed by atoms with Crippen molar-refractivity contribution in [3.8, 4) is 0 Å². The fourth-order valence-electron chi connectivity index (χ4n) is 0.637. The molecule has 0 aliphatic carbocycles. The van der Waals surface area contributed by atoms with E-state index in [1.807, 2.05) is 0 Å². The maximum absolute atomic E-state index is 11.0. The molecule has 0 amide bonds. The van der Waals surface area contributed by atoms with Crippen molar-refractivity contribution in [2.24, 2.45) is 0 Å². The molecule has 0 aromatic heterocycles. The van der Waals surface area contributed by atoms with E-state index in [9.17, 15) is 4.79 Å². The zero-order chi connectivity index (χ0) is 9.78. The highest BCUT2D eigenvalue weighted by atomic mass is 16.6. The molecule has 0 spiro atoms. The molecule has 70 valence electrons. The minimum atomic E-state index is -0.806. The average Bonchev–Trinajstić information content (AvgIpc) is 1.82. The molecule has 1 N–H and O–H groups in total. The van der Waals surface area contributed by atoms with E-state index in [0.29, 0.717) is 0 Å². The molecule has 3 heteroatoms. The van der Waals surface area contributed by atoms with Gasteiger partial charge in [-0.2, -0.15) is 0 Å². The molecule has 0 heterocycles. The molecule has 0 bridgehead atoms. The van der Waals surface area contributed by atoms with Crippen LogP contribution in [-0.4, -0.2) is 22.8 Å². The molecule has 1 unspecified atom stereocenters. The van der Waals surface area contributed by atoms with Crippen molar-refractivity contribution in [2.45, 2.75) is 38.9 Å². The first-order valence-corrected chi connectivity index (χ1v) is 3.87. The molecular weight excluding hydrogens is 156 g/mol. The Morgan fingerprint density at radius 1 is 1.67 bits per heavy atom. The lowest BCUT2D eigenvalue weighted by Crippen LogP contribution is -2.25. The summed E-state index contributed by atoms with van der Waals surface area (Å²) in [6, 6.07) is 0. The Balaban J connectivity index is 3.82. The van der Waals surface area contributed by atoms with E-state index in [1.54, 1.807) is 20.8 Å². The smallest absolute Gasteiger partial charge is 0.309 e. The van der Waals surface area contributed by atoms with Gasteiger partial charge in [0.25, 0.3) is 0 Å². The fourth-order valence-corrected chi connectivity index (χ4v) is 0.637. The quantitative estimate of drug-likeness (QED) is 0.515. The average molecular weight is 172 g/mol. The Bertz CT molecular complexity index is 167. The first kappa shape index (κ1) is 11.2. The number of hydrogen-bond donors (Lipinski definition) is 1. The van der Waals surface area contributed by atoms with Gasteiger partial charge in [0, 0.05) is 0 Å². The summed E-state index contributed by atoms with van der Waals surface area (Å²) in [4.78, 5) is 11.0. The van der Waals surface area contributed by atoms with Crippen molar-refractivity contribution >= 4 is 5.97 Å². The molecular formula is C9H16O3. The highest BCUT2D eigenvalue weighted by Crippen LogP contribution is 2.09. The molecule has 0 radical (unpaired) electrons. The van der Waals surface area contributed by atoms with Gasteiger partial charge >= 0.3 is 5.97 Å². The lowest BCUT2D eigenvalue weighted by Gasteiger charge is -2.19. The molecule has 0 saturated carbocycles. The number of esters is 1. The lowest BCUT2D eigenvalue weighted by atomic mass is 10.2. The third-order valence-electron chi connectivity index (χ3n) is 1.07. The molecule has 0 aromatic carbocycles. The van der Waals surface area contributed by atoms with Gasteiger partial charge in [0.05, 0.1) is 12.5 Å².